The highest BCUT2D eigenvalue weighted by atomic mass is 32.2. The van der Waals surface area contributed by atoms with Crippen molar-refractivity contribution in [1.82, 2.24) is 34.4 Å². The smallest absolute Gasteiger partial charge is 0.384 e. The summed E-state index contributed by atoms with van der Waals surface area (Å²) in [5.41, 5.74) is 1.55. The summed E-state index contributed by atoms with van der Waals surface area (Å²) < 4.78 is 75.0. The fourth-order valence-corrected chi connectivity index (χ4v) is 7.26. The van der Waals surface area contributed by atoms with E-state index in [-0.39, 0.29) is 58.4 Å². The van der Waals surface area contributed by atoms with Gasteiger partial charge in [-0.3, -0.25) is 24.9 Å². The van der Waals surface area contributed by atoms with Crippen molar-refractivity contribution in [3.8, 4) is 11.3 Å². The predicted molar refractivity (Wildman–Crippen MR) is 187 cm³/mol. The van der Waals surface area contributed by atoms with Gasteiger partial charge < -0.3 is 14.6 Å². The molecule has 0 bridgehead atoms. The molecule has 18 heteroatoms. The van der Waals surface area contributed by atoms with Gasteiger partial charge in [0.05, 0.1) is 29.2 Å². The third-order valence-corrected chi connectivity index (χ3v) is 10.5. The average molecular weight is 744 g/mol. The quantitative estimate of drug-likeness (QED) is 0.141. The number of aromatic amines is 1. The summed E-state index contributed by atoms with van der Waals surface area (Å²) in [4.78, 5) is 47.9. The molecule has 52 heavy (non-hydrogen) atoms. The van der Waals surface area contributed by atoms with Gasteiger partial charge in [-0.05, 0) is 55.9 Å². The van der Waals surface area contributed by atoms with Crippen LogP contribution in [0.25, 0.3) is 22.4 Å². The first-order valence-electron chi connectivity index (χ1n) is 16.9. The summed E-state index contributed by atoms with van der Waals surface area (Å²) in [6.07, 6.45) is 3.72. The molecule has 2 aliphatic carbocycles. The number of hydrogen-bond acceptors (Lipinski definition) is 10. The van der Waals surface area contributed by atoms with E-state index in [1.807, 2.05) is 21.4 Å². The molecule has 4 N–H and O–H groups in total. The summed E-state index contributed by atoms with van der Waals surface area (Å²) in [6.45, 7) is 1.16. The molecule has 2 aliphatic rings. The summed E-state index contributed by atoms with van der Waals surface area (Å²) in [6, 6.07) is 5.87. The Morgan fingerprint density at radius 3 is 2.48 bits per heavy atom. The van der Waals surface area contributed by atoms with E-state index in [1.165, 1.54) is 25.5 Å². The highest BCUT2D eigenvalue weighted by Crippen LogP contribution is 2.46. The van der Waals surface area contributed by atoms with Gasteiger partial charge in [0.25, 0.3) is 5.91 Å². The van der Waals surface area contributed by atoms with Crippen LogP contribution in [-0.4, -0.2) is 79.5 Å². The molecular formula is C34H40F3N9O5S. The van der Waals surface area contributed by atoms with Crippen LogP contribution in [0.2, 0.25) is 0 Å². The monoisotopic (exact) mass is 743 g/mol. The Labute approximate surface area is 298 Å². The third kappa shape index (κ3) is 8.50. The fourth-order valence-electron chi connectivity index (χ4n) is 6.76. The van der Waals surface area contributed by atoms with Crippen LogP contribution in [0, 0.1) is 5.41 Å². The number of carbonyl (C=O) groups is 2. The van der Waals surface area contributed by atoms with Crippen LogP contribution in [0.3, 0.4) is 0 Å². The molecular weight excluding hydrogens is 703 g/mol. The number of aryl methyl sites for hydroxylation is 1. The highest BCUT2D eigenvalue weighted by molar-refractivity contribution is 7.88. The van der Waals surface area contributed by atoms with Gasteiger partial charge in [-0.1, -0.05) is 18.9 Å². The first-order chi connectivity index (χ1) is 24.7. The van der Waals surface area contributed by atoms with Crippen molar-refractivity contribution in [2.45, 2.75) is 63.5 Å². The molecule has 0 spiro atoms. The predicted octanol–water partition coefficient (Wildman–Crippen LogP) is 4.72. The minimum Gasteiger partial charge on any atom is -0.384 e. The van der Waals surface area contributed by atoms with Gasteiger partial charge in [-0.2, -0.15) is 26.6 Å². The van der Waals surface area contributed by atoms with Crippen LogP contribution in [-0.2, 0) is 32.3 Å². The van der Waals surface area contributed by atoms with Gasteiger partial charge in [0.15, 0.2) is 5.65 Å². The van der Waals surface area contributed by atoms with Crippen LogP contribution < -0.4 is 19.7 Å². The topological polar surface area (TPSA) is 184 Å². The zero-order chi connectivity index (χ0) is 37.3. The SMILES string of the molecule is CNS(=O)(=O)NC(=O)CCc1ccc(C(=O)Nc2nc3nc(-c4cnc(C5CC5)c(C(F)(F)F)c4)cc(N(C)CC4(COC)CCCC4)c3[nH]2)nc1. The van der Waals surface area contributed by atoms with Gasteiger partial charge in [0, 0.05) is 63.5 Å². The minimum atomic E-state index is -4.58. The Bertz CT molecular complexity index is 2060. The number of imidazole rings is 1. The van der Waals surface area contributed by atoms with Crippen molar-refractivity contribution in [2.75, 3.05) is 44.6 Å². The van der Waals surface area contributed by atoms with E-state index in [9.17, 15) is 31.2 Å². The number of amides is 2. The largest absolute Gasteiger partial charge is 0.418 e. The van der Waals surface area contributed by atoms with E-state index >= 15 is 0 Å². The fraction of sp³-hybridized carbons (Fsp3) is 0.471. The van der Waals surface area contributed by atoms with Crippen molar-refractivity contribution < 1.29 is 35.9 Å². The number of carbonyl (C=O) groups excluding carboxylic acids is 2. The van der Waals surface area contributed by atoms with Gasteiger partial charge in [-0.25, -0.2) is 14.4 Å². The van der Waals surface area contributed by atoms with Crippen molar-refractivity contribution in [3.63, 3.8) is 0 Å². The molecule has 0 radical (unpaired) electrons. The van der Waals surface area contributed by atoms with Crippen LogP contribution in [0.4, 0.5) is 24.8 Å². The number of methoxy groups -OCH3 is 1. The number of ether oxygens (including phenoxy) is 1. The van der Waals surface area contributed by atoms with Crippen LogP contribution in [0.1, 0.15) is 78.2 Å². The van der Waals surface area contributed by atoms with E-state index in [2.05, 4.69) is 30.2 Å². The maximum absolute atomic E-state index is 14.2. The van der Waals surface area contributed by atoms with Crippen molar-refractivity contribution in [1.29, 1.82) is 0 Å². The molecule has 6 rings (SSSR count). The van der Waals surface area contributed by atoms with Crippen LogP contribution >= 0.6 is 0 Å². The molecule has 0 aliphatic heterocycles. The number of rotatable bonds is 14. The average Bonchev–Trinajstić information content (AvgIpc) is 3.72. The minimum absolute atomic E-state index is 0.0432. The number of aromatic nitrogens is 5. The summed E-state index contributed by atoms with van der Waals surface area (Å²) in [7, 11) is 0.842. The molecule has 0 atom stereocenters. The normalized spacial score (nSPS) is 15.9. The molecule has 14 nitrogen and oxygen atoms in total. The second-order valence-corrected chi connectivity index (χ2v) is 15.1. The number of pyridine rings is 3. The molecule has 2 fully saturated rings. The van der Waals surface area contributed by atoms with Crippen LogP contribution in [0.15, 0.2) is 36.7 Å². The lowest BCUT2D eigenvalue weighted by atomic mass is 9.86. The second kappa shape index (κ2) is 14.7. The number of nitrogens with zero attached hydrogens (tertiary/aromatic N) is 5. The van der Waals surface area contributed by atoms with E-state index in [0.717, 1.165) is 31.7 Å². The van der Waals surface area contributed by atoms with E-state index in [1.54, 1.807) is 19.2 Å². The lowest BCUT2D eigenvalue weighted by Gasteiger charge is -2.34. The first-order valence-corrected chi connectivity index (χ1v) is 18.4. The zero-order valence-electron chi connectivity index (χ0n) is 28.9. The molecule has 2 amide bonds. The Morgan fingerprint density at radius 1 is 1.10 bits per heavy atom. The molecule has 4 aromatic heterocycles. The molecule has 4 heterocycles. The van der Waals surface area contributed by atoms with Gasteiger partial charge in [-0.15, -0.1) is 0 Å². The number of alkyl halides is 3. The standard InChI is InChI=1S/C34H40F3N9O5S/c1-38-52(49,50)45-27(47)11-7-20-6-10-24(39-16-20)31(48)44-32-42-29-26(46(2)18-33(19-51-3)12-4-5-13-33)15-25(41-30(29)43-32)22-14-23(34(35,36)37)28(40-17-22)21-8-9-21/h6,10,14-17,21,38H,4-5,7-9,11-13,18-19H2,1-3H3,(H,45,47)(H2,41,42,43,44,48). The number of anilines is 2. The third-order valence-electron chi connectivity index (χ3n) is 9.47. The first kappa shape index (κ1) is 37.1. The van der Waals surface area contributed by atoms with Crippen molar-refractivity contribution in [2.24, 2.45) is 5.41 Å². The molecule has 0 saturated heterocycles. The van der Waals surface area contributed by atoms with Gasteiger partial charge in [0.2, 0.25) is 11.9 Å². The van der Waals surface area contributed by atoms with Crippen LogP contribution in [0.5, 0.6) is 0 Å². The molecule has 0 unspecified atom stereocenters. The zero-order valence-corrected chi connectivity index (χ0v) is 29.7. The second-order valence-electron chi connectivity index (χ2n) is 13.5. The Kier molecular flexibility index (Phi) is 10.5. The lowest BCUT2D eigenvalue weighted by Crippen LogP contribution is -2.38. The highest BCUT2D eigenvalue weighted by Gasteiger charge is 2.40. The van der Waals surface area contributed by atoms with Gasteiger partial charge in [0.1, 0.15) is 11.2 Å². The Balaban J connectivity index is 1.28. The van der Waals surface area contributed by atoms with Crippen molar-refractivity contribution >= 4 is 44.8 Å². The summed E-state index contributed by atoms with van der Waals surface area (Å²) in [5.74, 6) is -1.45. The summed E-state index contributed by atoms with van der Waals surface area (Å²) in [5, 5.41) is 2.69. The Morgan fingerprint density at radius 2 is 1.85 bits per heavy atom. The van der Waals surface area contributed by atoms with Gasteiger partial charge >= 0.3 is 16.4 Å². The Hall–Kier alpha value is -4.68. The molecule has 2 saturated carbocycles. The molecule has 4 aromatic rings. The van der Waals surface area contributed by atoms with E-state index < -0.39 is 33.8 Å². The molecule has 0 aromatic carbocycles. The molecule has 278 valence electrons. The number of nitrogens with one attached hydrogen (secondary N) is 4. The maximum atomic E-state index is 14.2. The number of fused-ring (bicyclic) bond motifs is 1. The maximum Gasteiger partial charge on any atom is 0.418 e. The van der Waals surface area contributed by atoms with E-state index in [4.69, 9.17) is 4.74 Å². The number of halogens is 3. The summed E-state index contributed by atoms with van der Waals surface area (Å²) >= 11 is 0. The van der Waals surface area contributed by atoms with E-state index in [0.29, 0.717) is 42.8 Å². The lowest BCUT2D eigenvalue weighted by molar-refractivity contribution is -0.138. The van der Waals surface area contributed by atoms with Crippen molar-refractivity contribution in [3.05, 3.63) is 59.2 Å². The number of H-pyrrole nitrogens is 1. The number of hydrogen-bond donors (Lipinski definition) is 4.